The molecule has 0 spiro atoms. The van der Waals surface area contributed by atoms with E-state index in [1.807, 2.05) is 0 Å². The predicted octanol–water partition coefficient (Wildman–Crippen LogP) is -1.64. The maximum atomic E-state index is 5.53. The first kappa shape index (κ1) is 13.0. The molecule has 0 aliphatic heterocycles. The molecule has 82 valence electrons. The van der Waals surface area contributed by atoms with Crippen LogP contribution in [-0.2, 0) is 0 Å². The van der Waals surface area contributed by atoms with Crippen LogP contribution >= 0.6 is 0 Å². The molecule has 0 unspecified atom stereocenters. The van der Waals surface area contributed by atoms with Crippen LogP contribution in [0.5, 0.6) is 0 Å². The fourth-order valence-corrected chi connectivity index (χ4v) is 0.378. The zero-order valence-corrected chi connectivity index (χ0v) is 9.28. The largest absolute Gasteiger partial charge is 0.314 e. The predicted molar refractivity (Wildman–Crippen MR) is 56.3 cm³/mol. The van der Waals surface area contributed by atoms with E-state index in [0.717, 1.165) is 0 Å². The minimum atomic E-state index is -0.688. The van der Waals surface area contributed by atoms with Crippen molar-refractivity contribution in [2.24, 2.45) is 27.4 Å². The number of amidine groups is 1. The van der Waals surface area contributed by atoms with Gasteiger partial charge >= 0.3 is 0 Å². The third kappa shape index (κ3) is 3.39. The molecular weight excluding hydrogens is 180 g/mol. The Kier molecular flexibility index (Phi) is 3.73. The van der Waals surface area contributed by atoms with Gasteiger partial charge in [-0.2, -0.15) is 10.2 Å². The van der Waals surface area contributed by atoms with Crippen LogP contribution in [0.25, 0.3) is 0 Å². The van der Waals surface area contributed by atoms with Crippen LogP contribution in [-0.4, -0.2) is 23.1 Å². The zero-order chi connectivity index (χ0) is 11.6. The first-order chi connectivity index (χ1) is 6.09. The summed E-state index contributed by atoms with van der Waals surface area (Å²) < 4.78 is 0. The van der Waals surface area contributed by atoms with Gasteiger partial charge < -0.3 is 11.5 Å². The first-order valence-corrected chi connectivity index (χ1v) is 4.43. The Hall–Kier alpha value is -1.01. The van der Waals surface area contributed by atoms with Gasteiger partial charge in [-0.3, -0.25) is 11.1 Å². The summed E-state index contributed by atoms with van der Waals surface area (Å²) in [4.78, 5) is 0. The Morgan fingerprint density at radius 3 is 1.86 bits per heavy atom. The van der Waals surface area contributed by atoms with Crippen molar-refractivity contribution in [1.82, 2.24) is 0 Å². The van der Waals surface area contributed by atoms with E-state index in [4.69, 9.17) is 22.6 Å². The molecule has 0 saturated carbocycles. The fraction of sp³-hybridized carbons (Fsp3) is 0.875. The highest BCUT2D eigenvalue weighted by atomic mass is 15.2. The van der Waals surface area contributed by atoms with Crippen molar-refractivity contribution in [3.8, 4) is 0 Å². The molecule has 14 heavy (non-hydrogen) atoms. The molecule has 0 radical (unpaired) electrons. The van der Waals surface area contributed by atoms with E-state index in [9.17, 15) is 0 Å². The van der Waals surface area contributed by atoms with Gasteiger partial charge in [0, 0.05) is 0 Å². The number of hydrogen-bond acceptors (Lipinski definition) is 4. The highest BCUT2D eigenvalue weighted by Gasteiger charge is 2.29. The average molecular weight is 201 g/mol. The number of rotatable bonds is 4. The van der Waals surface area contributed by atoms with Gasteiger partial charge in [-0.05, 0) is 27.7 Å². The summed E-state index contributed by atoms with van der Waals surface area (Å²) in [6.45, 7) is 7.13. The molecule has 0 aromatic carbocycles. The van der Waals surface area contributed by atoms with E-state index in [2.05, 4.69) is 10.2 Å². The second-order valence-electron chi connectivity index (χ2n) is 4.39. The van der Waals surface area contributed by atoms with Gasteiger partial charge in [-0.1, -0.05) is 0 Å². The van der Waals surface area contributed by atoms with Gasteiger partial charge in [0.2, 0.25) is 0 Å². The summed E-state index contributed by atoms with van der Waals surface area (Å²) in [5.74, 6) is 0.211. The van der Waals surface area contributed by atoms with Crippen LogP contribution in [0.3, 0.4) is 0 Å². The topological polar surface area (TPSA) is 128 Å². The lowest BCUT2D eigenvalue weighted by atomic mass is 10.0. The fourth-order valence-electron chi connectivity index (χ4n) is 0.378. The number of hydrogen-bond donors (Lipinski definition) is 4. The van der Waals surface area contributed by atoms with E-state index in [1.165, 1.54) is 0 Å². The Bertz CT molecular complexity index is 240. The van der Waals surface area contributed by atoms with E-state index in [1.54, 1.807) is 27.7 Å². The lowest BCUT2D eigenvalue weighted by molar-refractivity contribution is -0.122. The molecule has 0 saturated heterocycles. The number of nitrogens with zero attached hydrogens (tertiary/aromatic N) is 2. The second-order valence-corrected chi connectivity index (χ2v) is 4.39. The molecule has 0 amide bonds. The molecule has 0 fully saturated rings. The van der Waals surface area contributed by atoms with Crippen molar-refractivity contribution in [1.29, 1.82) is 0 Å². The van der Waals surface area contributed by atoms with Crippen molar-refractivity contribution < 1.29 is 5.41 Å². The number of nitrogens with two attached hydrogens (primary N) is 4. The summed E-state index contributed by atoms with van der Waals surface area (Å²) in [5, 5.41) is 13.5. The highest BCUT2D eigenvalue weighted by Crippen LogP contribution is 2.15. The molecule has 0 aliphatic carbocycles. The second kappa shape index (κ2) is 4.02. The highest BCUT2D eigenvalue weighted by molar-refractivity contribution is 5.83. The maximum absolute atomic E-state index is 5.53. The Morgan fingerprint density at radius 2 is 1.57 bits per heavy atom. The zero-order valence-electron chi connectivity index (χ0n) is 9.28. The normalized spacial score (nSPS) is 13.9. The average Bonchev–Trinajstić information content (AvgIpc) is 2.01. The minimum Gasteiger partial charge on any atom is -0.314 e. The van der Waals surface area contributed by atoms with Crippen molar-refractivity contribution in [3.05, 3.63) is 0 Å². The lowest BCUT2D eigenvalue weighted by Crippen LogP contribution is -2.57. The molecule has 0 heterocycles. The van der Waals surface area contributed by atoms with Gasteiger partial charge in [0.05, 0.1) is 6.17 Å². The quantitative estimate of drug-likeness (QED) is 0.188. The summed E-state index contributed by atoms with van der Waals surface area (Å²) in [6.07, 6.45) is -0.568. The van der Waals surface area contributed by atoms with Gasteiger partial charge in [-0.25, -0.2) is 0 Å². The van der Waals surface area contributed by atoms with Crippen molar-refractivity contribution in [2.45, 2.75) is 44.9 Å². The molecule has 0 bridgehead atoms. The smallest absolute Gasteiger partial charge is 0.268 e. The standard InChI is InChI=1S/C8H20N6/c1-7(2,5(9)10)13-14-8(3,4)6(11)12/h5H,9-10H2,1-4H3,(H3,11,12)/p+1. The molecule has 0 rings (SSSR count). The van der Waals surface area contributed by atoms with Crippen LogP contribution < -0.4 is 22.6 Å². The monoisotopic (exact) mass is 201 g/mol. The molecule has 0 aliphatic rings. The van der Waals surface area contributed by atoms with Gasteiger partial charge in [0.15, 0.2) is 5.54 Å². The van der Waals surface area contributed by atoms with Crippen molar-refractivity contribution in [3.63, 3.8) is 0 Å². The first-order valence-electron chi connectivity index (χ1n) is 4.43. The van der Waals surface area contributed by atoms with Gasteiger partial charge in [0.1, 0.15) is 5.54 Å². The van der Waals surface area contributed by atoms with Crippen molar-refractivity contribution in [2.75, 3.05) is 0 Å². The van der Waals surface area contributed by atoms with Gasteiger partial charge in [0.25, 0.3) is 5.84 Å². The third-order valence-electron chi connectivity index (χ3n) is 2.08. The summed E-state index contributed by atoms with van der Waals surface area (Å²) in [6, 6.07) is 0. The van der Waals surface area contributed by atoms with E-state index in [-0.39, 0.29) is 5.84 Å². The molecule has 0 aromatic rings. The summed E-state index contributed by atoms with van der Waals surface area (Å²) >= 11 is 0. The summed E-state index contributed by atoms with van der Waals surface area (Å²) in [7, 11) is 0. The molecule has 6 heteroatoms. The number of azo groups is 1. The Balaban J connectivity index is 4.67. The maximum Gasteiger partial charge on any atom is 0.268 e. The SMILES string of the molecule is CC(C)(N=NC(C)(C)C(N)N)C(N)=[NH2+]. The Labute approximate surface area is 84.4 Å². The molecular formula is C8H21N6+. The van der Waals surface area contributed by atoms with Crippen LogP contribution in [0.4, 0.5) is 0 Å². The van der Waals surface area contributed by atoms with Gasteiger partial charge in [-0.15, -0.1) is 0 Å². The lowest BCUT2D eigenvalue weighted by Gasteiger charge is -2.23. The summed E-state index contributed by atoms with van der Waals surface area (Å²) in [5.41, 5.74) is 15.2. The third-order valence-corrected chi connectivity index (χ3v) is 2.08. The molecule has 0 aromatic heterocycles. The van der Waals surface area contributed by atoms with Crippen molar-refractivity contribution >= 4 is 5.84 Å². The van der Waals surface area contributed by atoms with Crippen LogP contribution in [0, 0.1) is 0 Å². The van der Waals surface area contributed by atoms with Crippen LogP contribution in [0.2, 0.25) is 0 Å². The molecule has 6 nitrogen and oxygen atoms in total. The van der Waals surface area contributed by atoms with E-state index < -0.39 is 17.2 Å². The van der Waals surface area contributed by atoms with Crippen LogP contribution in [0.1, 0.15) is 27.7 Å². The van der Waals surface area contributed by atoms with Crippen LogP contribution in [0.15, 0.2) is 10.2 Å². The van der Waals surface area contributed by atoms with E-state index >= 15 is 0 Å². The molecule has 8 N–H and O–H groups in total. The minimum absolute atomic E-state index is 0.211. The van der Waals surface area contributed by atoms with E-state index in [0.29, 0.717) is 0 Å². The Morgan fingerprint density at radius 1 is 1.14 bits per heavy atom. The molecule has 0 atom stereocenters.